The molecule has 0 aromatic heterocycles. The van der Waals surface area contributed by atoms with Crippen molar-refractivity contribution in [2.45, 2.75) is 11.1 Å². The van der Waals surface area contributed by atoms with E-state index in [0.29, 0.717) is 24.3 Å². The van der Waals surface area contributed by atoms with Crippen LogP contribution in [0.4, 0.5) is 13.2 Å². The Morgan fingerprint density at radius 2 is 1.65 bits per heavy atom. The lowest BCUT2D eigenvalue weighted by Crippen LogP contribution is -2.29. The summed E-state index contributed by atoms with van der Waals surface area (Å²) in [6, 6.07) is 2.31. The van der Waals surface area contributed by atoms with Crippen LogP contribution < -0.4 is 4.83 Å². The molecule has 0 bridgehead atoms. The van der Waals surface area contributed by atoms with Gasteiger partial charge in [-0.1, -0.05) is 0 Å². The lowest BCUT2D eigenvalue weighted by Gasteiger charge is -2.06. The van der Waals surface area contributed by atoms with Gasteiger partial charge in [-0.15, -0.1) is 0 Å². The third kappa shape index (κ3) is 3.31. The molecule has 1 aromatic carbocycles. The predicted octanol–water partition coefficient (Wildman–Crippen LogP) is 1.18. The summed E-state index contributed by atoms with van der Waals surface area (Å²) in [5, 5.41) is 8.64. The van der Waals surface area contributed by atoms with Gasteiger partial charge in [0, 0.05) is 0 Å². The normalized spacial score (nSPS) is 12.2. The Balaban J connectivity index is 3.08. The van der Waals surface area contributed by atoms with Gasteiger partial charge in [-0.05, 0) is 29.1 Å². The molecule has 6 nitrogen and oxygen atoms in total. The van der Waals surface area contributed by atoms with Crippen molar-refractivity contribution in [2.75, 3.05) is 0 Å². The Labute approximate surface area is 93.2 Å². The molecule has 1 rings (SSSR count). The zero-order chi connectivity index (χ0) is 13.3. The van der Waals surface area contributed by atoms with Crippen LogP contribution in [-0.4, -0.2) is 13.5 Å². The van der Waals surface area contributed by atoms with E-state index in [1.54, 1.807) is 0 Å². The highest BCUT2D eigenvalue weighted by Gasteiger charge is 2.31. The summed E-state index contributed by atoms with van der Waals surface area (Å²) in [7, 11) is -4.44. The number of hydrogen-bond acceptors (Lipinski definition) is 4. The van der Waals surface area contributed by atoms with E-state index < -0.39 is 31.7 Å². The van der Waals surface area contributed by atoms with E-state index in [2.05, 4.69) is 0 Å². The molecule has 0 aliphatic rings. The molecule has 0 aliphatic carbocycles. The summed E-state index contributed by atoms with van der Waals surface area (Å²) >= 11 is 0. The molecule has 0 saturated heterocycles. The monoisotopic (exact) mass is 270 g/mol. The number of hydrazine groups is 1. The zero-order valence-electron chi connectivity index (χ0n) is 7.93. The van der Waals surface area contributed by atoms with Crippen LogP contribution in [0.25, 0.3) is 0 Å². The van der Waals surface area contributed by atoms with Crippen LogP contribution in [0.1, 0.15) is 5.56 Å². The van der Waals surface area contributed by atoms with Gasteiger partial charge in [0.05, 0.1) is 10.5 Å². The van der Waals surface area contributed by atoms with E-state index in [0.717, 1.165) is 4.83 Å². The molecule has 0 saturated carbocycles. The van der Waals surface area contributed by atoms with Gasteiger partial charge in [-0.3, -0.25) is 0 Å². The Kier molecular flexibility index (Phi) is 3.27. The van der Waals surface area contributed by atoms with Gasteiger partial charge in [-0.25, -0.2) is 10.1 Å². The smallest absolute Gasteiger partial charge is 0.234 e. The fraction of sp³-hybridized carbons (Fsp3) is 0.143. The SMILES string of the molecule is O=[N+]([O-])NS(=O)(=O)c1ccc(C(F)(F)F)cc1. The van der Waals surface area contributed by atoms with E-state index >= 15 is 0 Å². The number of nitrogens with zero attached hydrogens (tertiary/aromatic N) is 1. The summed E-state index contributed by atoms with van der Waals surface area (Å²) in [5.74, 6) is 0. The molecular weight excluding hydrogens is 265 g/mol. The maximum absolute atomic E-state index is 12.2. The van der Waals surface area contributed by atoms with E-state index in [1.165, 1.54) is 0 Å². The molecule has 0 unspecified atom stereocenters. The first-order chi connectivity index (χ1) is 7.63. The fourth-order valence-corrected chi connectivity index (χ4v) is 1.77. The van der Waals surface area contributed by atoms with Crippen molar-refractivity contribution in [3.8, 4) is 0 Å². The molecule has 17 heavy (non-hydrogen) atoms. The molecule has 0 aliphatic heterocycles. The average molecular weight is 270 g/mol. The molecule has 0 radical (unpaired) electrons. The highest BCUT2D eigenvalue weighted by Crippen LogP contribution is 2.29. The highest BCUT2D eigenvalue weighted by atomic mass is 32.2. The molecule has 0 atom stereocenters. The number of rotatable bonds is 3. The highest BCUT2D eigenvalue weighted by molar-refractivity contribution is 7.89. The number of benzene rings is 1. The van der Waals surface area contributed by atoms with Gasteiger partial charge in [0.25, 0.3) is 0 Å². The quantitative estimate of drug-likeness (QED) is 0.659. The number of hydrogen-bond donors (Lipinski definition) is 1. The summed E-state index contributed by atoms with van der Waals surface area (Å²) in [4.78, 5) is 10.3. The molecule has 0 heterocycles. The third-order valence-corrected chi connectivity index (χ3v) is 2.97. The topological polar surface area (TPSA) is 89.3 Å². The van der Waals surface area contributed by atoms with Crippen LogP contribution in [0, 0.1) is 10.1 Å². The number of nitro groups is 1. The molecule has 1 aromatic rings. The second kappa shape index (κ2) is 4.20. The van der Waals surface area contributed by atoms with Crippen LogP contribution in [0.3, 0.4) is 0 Å². The maximum atomic E-state index is 12.2. The van der Waals surface area contributed by atoms with Gasteiger partial charge >= 0.3 is 16.2 Å². The number of alkyl halides is 3. The first kappa shape index (κ1) is 13.2. The molecule has 0 fully saturated rings. The molecule has 10 heteroatoms. The minimum Gasteiger partial charge on any atom is -0.234 e. The van der Waals surface area contributed by atoms with Crippen LogP contribution >= 0.6 is 0 Å². The van der Waals surface area contributed by atoms with Crippen molar-refractivity contribution in [1.82, 2.24) is 4.83 Å². The molecule has 94 valence electrons. The second-order valence-corrected chi connectivity index (χ2v) is 4.53. The van der Waals surface area contributed by atoms with Crippen molar-refractivity contribution in [1.29, 1.82) is 0 Å². The van der Waals surface area contributed by atoms with Crippen LogP contribution in [-0.2, 0) is 16.2 Å². The minimum absolute atomic E-state index is 0.522. The lowest BCUT2D eigenvalue weighted by atomic mass is 10.2. The minimum atomic E-state index is -4.60. The molecule has 1 N–H and O–H groups in total. The molecule has 0 spiro atoms. The third-order valence-electron chi connectivity index (χ3n) is 1.69. The lowest BCUT2D eigenvalue weighted by molar-refractivity contribution is -0.518. The van der Waals surface area contributed by atoms with Gasteiger partial charge in [0.2, 0.25) is 0 Å². The Morgan fingerprint density at radius 1 is 1.18 bits per heavy atom. The average Bonchev–Trinajstić information content (AvgIpc) is 2.14. The van der Waals surface area contributed by atoms with Crippen LogP contribution in [0.15, 0.2) is 29.2 Å². The van der Waals surface area contributed by atoms with E-state index in [1.807, 2.05) is 0 Å². The Bertz CT molecular complexity index is 523. The van der Waals surface area contributed by atoms with Crippen LogP contribution in [0.2, 0.25) is 0 Å². The van der Waals surface area contributed by atoms with Gasteiger partial charge in [0.1, 0.15) is 0 Å². The second-order valence-electron chi connectivity index (χ2n) is 2.87. The number of halogens is 3. The first-order valence-electron chi connectivity index (χ1n) is 3.97. The zero-order valence-corrected chi connectivity index (χ0v) is 8.75. The largest absolute Gasteiger partial charge is 0.416 e. The summed E-state index contributed by atoms with van der Waals surface area (Å²) in [5.41, 5.74) is -1.04. The molecule has 0 amide bonds. The summed E-state index contributed by atoms with van der Waals surface area (Å²) in [6.07, 6.45) is -4.60. The van der Waals surface area contributed by atoms with Gasteiger partial charge in [-0.2, -0.15) is 21.6 Å². The summed E-state index contributed by atoms with van der Waals surface area (Å²) in [6.45, 7) is 0. The Hall–Kier alpha value is -1.84. The van der Waals surface area contributed by atoms with E-state index in [4.69, 9.17) is 0 Å². The van der Waals surface area contributed by atoms with E-state index in [-0.39, 0.29) is 0 Å². The fourth-order valence-electron chi connectivity index (χ4n) is 0.974. The van der Waals surface area contributed by atoms with Crippen molar-refractivity contribution in [2.24, 2.45) is 0 Å². The Morgan fingerprint density at radius 3 is 2.00 bits per heavy atom. The van der Waals surface area contributed by atoms with Crippen LogP contribution in [0.5, 0.6) is 0 Å². The van der Waals surface area contributed by atoms with Gasteiger partial charge in [0.15, 0.2) is 5.03 Å². The van der Waals surface area contributed by atoms with Crippen molar-refractivity contribution in [3.63, 3.8) is 0 Å². The van der Waals surface area contributed by atoms with E-state index in [9.17, 15) is 31.7 Å². The first-order valence-corrected chi connectivity index (χ1v) is 5.45. The maximum Gasteiger partial charge on any atom is 0.416 e. The number of nitrogens with one attached hydrogen (secondary N) is 1. The summed E-state index contributed by atoms with van der Waals surface area (Å²) < 4.78 is 58.8. The standard InChI is InChI=1S/C7H5F3N2O4S/c8-7(9,10)5-1-3-6(4-2-5)17(15,16)11-12(13)14/h1-4,11H. The van der Waals surface area contributed by atoms with Gasteiger partial charge < -0.3 is 0 Å². The van der Waals surface area contributed by atoms with Crippen molar-refractivity contribution >= 4 is 10.0 Å². The van der Waals surface area contributed by atoms with Crippen molar-refractivity contribution < 1.29 is 26.6 Å². The predicted molar refractivity (Wildman–Crippen MR) is 48.8 cm³/mol. The van der Waals surface area contributed by atoms with Crippen molar-refractivity contribution in [3.05, 3.63) is 39.9 Å². The molecular formula is C7H5F3N2O4S. The number of sulfonamides is 1.